The van der Waals surface area contributed by atoms with E-state index in [2.05, 4.69) is 82.5 Å². The Balaban J connectivity index is 2.02. The van der Waals surface area contributed by atoms with E-state index in [1.807, 2.05) is 0 Å². The van der Waals surface area contributed by atoms with Crippen LogP contribution in [0.25, 0.3) is 21.8 Å². The van der Waals surface area contributed by atoms with Gasteiger partial charge in [0.05, 0.1) is 0 Å². The summed E-state index contributed by atoms with van der Waals surface area (Å²) in [5, 5.41) is 2.90. The van der Waals surface area contributed by atoms with E-state index in [1.165, 1.54) is 90.7 Å². The highest BCUT2D eigenvalue weighted by atomic mass is 15.0. The van der Waals surface area contributed by atoms with Crippen LogP contribution < -0.4 is 0 Å². The second-order valence-corrected chi connectivity index (χ2v) is 10.4. The molecular weight excluding hydrogens is 374 g/mol. The van der Waals surface area contributed by atoms with Crippen molar-refractivity contribution in [3.8, 4) is 0 Å². The number of rotatable bonds is 12. The van der Waals surface area contributed by atoms with Crippen LogP contribution in [-0.2, 0) is 12.0 Å². The molecule has 170 valence electrons. The van der Waals surface area contributed by atoms with Crippen molar-refractivity contribution in [2.75, 3.05) is 0 Å². The minimum absolute atomic E-state index is 0.227. The molecular formula is C30H45N. The van der Waals surface area contributed by atoms with Gasteiger partial charge in [-0.25, -0.2) is 0 Å². The smallest absolute Gasteiger partial charge is 0.0491 e. The van der Waals surface area contributed by atoms with Gasteiger partial charge in [-0.1, -0.05) is 92.2 Å². The zero-order chi connectivity index (χ0) is 22.4. The molecule has 0 aliphatic heterocycles. The molecule has 31 heavy (non-hydrogen) atoms. The zero-order valence-corrected chi connectivity index (χ0v) is 21.1. The van der Waals surface area contributed by atoms with Crippen molar-refractivity contribution in [1.29, 1.82) is 0 Å². The maximum absolute atomic E-state index is 2.60. The zero-order valence-electron chi connectivity index (χ0n) is 21.1. The molecule has 0 saturated heterocycles. The monoisotopic (exact) mass is 419 g/mol. The third-order valence-corrected chi connectivity index (χ3v) is 7.46. The Morgan fingerprint density at radius 1 is 0.774 bits per heavy atom. The van der Waals surface area contributed by atoms with E-state index in [1.54, 1.807) is 0 Å². The second kappa shape index (κ2) is 10.7. The predicted octanol–water partition coefficient (Wildman–Crippen LogP) is 9.75. The van der Waals surface area contributed by atoms with E-state index >= 15 is 0 Å². The standard InChI is InChI=1S/C30H45N/c1-7-10-11-12-13-14-20-31-28-17-15-24(23(4)9-3)21-26(28)27-22-25(16-18-29(27)31)30(5,6)19-8-2/h15-18,21-23H,7-14,19-20H2,1-6H3. The summed E-state index contributed by atoms with van der Waals surface area (Å²) in [5.41, 5.74) is 6.02. The van der Waals surface area contributed by atoms with Crippen molar-refractivity contribution in [3.63, 3.8) is 0 Å². The molecule has 0 N–H and O–H groups in total. The van der Waals surface area contributed by atoms with Crippen LogP contribution in [0.2, 0.25) is 0 Å². The lowest BCUT2D eigenvalue weighted by Crippen LogP contribution is -2.16. The number of hydrogen-bond acceptors (Lipinski definition) is 0. The summed E-state index contributed by atoms with van der Waals surface area (Å²) in [6.45, 7) is 15.2. The van der Waals surface area contributed by atoms with E-state index in [4.69, 9.17) is 0 Å². The molecule has 3 aromatic rings. The van der Waals surface area contributed by atoms with Crippen LogP contribution in [0, 0.1) is 0 Å². The van der Waals surface area contributed by atoms with Gasteiger partial charge in [-0.05, 0) is 66.0 Å². The number of benzene rings is 2. The number of aromatic nitrogens is 1. The molecule has 1 nitrogen and oxygen atoms in total. The molecule has 1 aromatic heterocycles. The molecule has 0 spiro atoms. The van der Waals surface area contributed by atoms with Crippen molar-refractivity contribution in [2.24, 2.45) is 0 Å². The lowest BCUT2D eigenvalue weighted by Gasteiger charge is -2.25. The molecule has 1 heterocycles. The quantitative estimate of drug-likeness (QED) is 0.257. The molecule has 1 heteroatoms. The van der Waals surface area contributed by atoms with Gasteiger partial charge in [-0.15, -0.1) is 0 Å². The summed E-state index contributed by atoms with van der Waals surface area (Å²) in [5.74, 6) is 0.612. The molecule has 0 fully saturated rings. The van der Waals surface area contributed by atoms with Crippen molar-refractivity contribution in [3.05, 3.63) is 47.5 Å². The minimum atomic E-state index is 0.227. The Morgan fingerprint density at radius 3 is 2.10 bits per heavy atom. The van der Waals surface area contributed by atoms with Crippen LogP contribution in [0.1, 0.15) is 116 Å². The van der Waals surface area contributed by atoms with Crippen LogP contribution in [-0.4, -0.2) is 4.57 Å². The average molecular weight is 420 g/mol. The largest absolute Gasteiger partial charge is 0.340 e. The average Bonchev–Trinajstić information content (AvgIpc) is 3.08. The van der Waals surface area contributed by atoms with Crippen LogP contribution in [0.5, 0.6) is 0 Å². The Hall–Kier alpha value is -1.76. The summed E-state index contributed by atoms with van der Waals surface area (Å²) in [6, 6.07) is 14.6. The number of nitrogens with zero attached hydrogens (tertiary/aromatic N) is 1. The minimum Gasteiger partial charge on any atom is -0.340 e. The van der Waals surface area contributed by atoms with Crippen LogP contribution in [0.4, 0.5) is 0 Å². The summed E-state index contributed by atoms with van der Waals surface area (Å²) in [7, 11) is 0. The van der Waals surface area contributed by atoms with Crippen molar-refractivity contribution in [1.82, 2.24) is 4.57 Å². The fourth-order valence-electron chi connectivity index (χ4n) is 5.15. The van der Waals surface area contributed by atoms with Gasteiger partial charge in [0, 0.05) is 28.4 Å². The molecule has 1 atom stereocenters. The topological polar surface area (TPSA) is 4.93 Å². The van der Waals surface area contributed by atoms with Crippen LogP contribution in [0.15, 0.2) is 36.4 Å². The van der Waals surface area contributed by atoms with Gasteiger partial charge < -0.3 is 4.57 Å². The number of fused-ring (bicyclic) bond motifs is 3. The third kappa shape index (κ3) is 5.36. The van der Waals surface area contributed by atoms with Gasteiger partial charge >= 0.3 is 0 Å². The maximum Gasteiger partial charge on any atom is 0.0491 e. The summed E-state index contributed by atoms with van der Waals surface area (Å²) in [6.07, 6.45) is 11.7. The normalized spacial score (nSPS) is 13.4. The summed E-state index contributed by atoms with van der Waals surface area (Å²) >= 11 is 0. The first kappa shape index (κ1) is 23.9. The van der Waals surface area contributed by atoms with E-state index < -0.39 is 0 Å². The molecule has 0 aliphatic carbocycles. The van der Waals surface area contributed by atoms with Crippen molar-refractivity contribution < 1.29 is 0 Å². The highest BCUT2D eigenvalue weighted by Gasteiger charge is 2.21. The van der Waals surface area contributed by atoms with E-state index in [0.717, 1.165) is 6.54 Å². The Bertz CT molecular complexity index is 975. The number of hydrogen-bond donors (Lipinski definition) is 0. The van der Waals surface area contributed by atoms with Gasteiger partial charge in [0.25, 0.3) is 0 Å². The van der Waals surface area contributed by atoms with Gasteiger partial charge in [0.1, 0.15) is 0 Å². The van der Waals surface area contributed by atoms with E-state index in [-0.39, 0.29) is 5.41 Å². The molecule has 0 radical (unpaired) electrons. The van der Waals surface area contributed by atoms with Crippen molar-refractivity contribution in [2.45, 2.75) is 117 Å². The first-order chi connectivity index (χ1) is 14.9. The molecule has 0 aliphatic rings. The van der Waals surface area contributed by atoms with E-state index in [9.17, 15) is 0 Å². The lowest BCUT2D eigenvalue weighted by molar-refractivity contribution is 0.473. The fraction of sp³-hybridized carbons (Fsp3) is 0.600. The third-order valence-electron chi connectivity index (χ3n) is 7.46. The highest BCUT2D eigenvalue weighted by molar-refractivity contribution is 6.08. The molecule has 0 bridgehead atoms. The first-order valence-corrected chi connectivity index (χ1v) is 13.0. The van der Waals surface area contributed by atoms with E-state index in [0.29, 0.717) is 5.92 Å². The SMILES string of the molecule is CCCCCCCCn1c2ccc(C(C)CC)cc2c2cc(C(C)(C)CCC)ccc21. The van der Waals surface area contributed by atoms with Crippen LogP contribution >= 0.6 is 0 Å². The van der Waals surface area contributed by atoms with Gasteiger partial charge in [0.15, 0.2) is 0 Å². The maximum atomic E-state index is 2.60. The highest BCUT2D eigenvalue weighted by Crippen LogP contribution is 2.36. The molecule has 1 unspecified atom stereocenters. The summed E-state index contributed by atoms with van der Waals surface area (Å²) < 4.78 is 2.60. The molecule has 3 rings (SSSR count). The molecule has 0 amide bonds. The predicted molar refractivity (Wildman–Crippen MR) is 139 cm³/mol. The number of unbranched alkanes of at least 4 members (excludes halogenated alkanes) is 5. The lowest BCUT2D eigenvalue weighted by atomic mass is 9.80. The van der Waals surface area contributed by atoms with Gasteiger partial charge in [-0.3, -0.25) is 0 Å². The Labute approximate surface area is 191 Å². The Kier molecular flexibility index (Phi) is 8.25. The fourth-order valence-corrected chi connectivity index (χ4v) is 5.15. The van der Waals surface area contributed by atoms with Crippen molar-refractivity contribution >= 4 is 21.8 Å². The molecule has 0 saturated carbocycles. The second-order valence-electron chi connectivity index (χ2n) is 10.4. The van der Waals surface area contributed by atoms with Gasteiger partial charge in [-0.2, -0.15) is 0 Å². The summed E-state index contributed by atoms with van der Waals surface area (Å²) in [4.78, 5) is 0. The Morgan fingerprint density at radius 2 is 1.42 bits per heavy atom. The van der Waals surface area contributed by atoms with Crippen LogP contribution in [0.3, 0.4) is 0 Å². The molecule has 2 aromatic carbocycles. The first-order valence-electron chi connectivity index (χ1n) is 13.0. The van der Waals surface area contributed by atoms with Gasteiger partial charge in [0.2, 0.25) is 0 Å². The number of aryl methyl sites for hydroxylation is 1.